The molecule has 5 heteroatoms. The van der Waals surface area contributed by atoms with E-state index in [-0.39, 0.29) is 5.75 Å². The minimum Gasteiger partial charge on any atom is -0.493 e. The SMILES string of the molecule is FC(F)(F)c1ccccc1OCC1CCCNC1. The van der Waals surface area contributed by atoms with Crippen LogP contribution < -0.4 is 10.1 Å². The normalized spacial score (nSPS) is 20.7. The second-order valence-corrected chi connectivity index (χ2v) is 4.52. The standard InChI is InChI=1S/C13H16F3NO/c14-13(15,16)11-5-1-2-6-12(11)18-9-10-4-3-7-17-8-10/h1-2,5-6,10,17H,3-4,7-9H2. The molecule has 1 unspecified atom stereocenters. The Morgan fingerprint density at radius 2 is 2.06 bits per heavy atom. The molecule has 1 heterocycles. The summed E-state index contributed by atoms with van der Waals surface area (Å²) < 4.78 is 43.5. The first-order valence-electron chi connectivity index (χ1n) is 6.07. The van der Waals surface area contributed by atoms with Crippen LogP contribution in [-0.4, -0.2) is 19.7 Å². The zero-order chi connectivity index (χ0) is 13.0. The second-order valence-electron chi connectivity index (χ2n) is 4.52. The number of para-hydroxylation sites is 1. The van der Waals surface area contributed by atoms with Crippen molar-refractivity contribution in [2.45, 2.75) is 19.0 Å². The summed E-state index contributed by atoms with van der Waals surface area (Å²) in [6.45, 7) is 2.13. The highest BCUT2D eigenvalue weighted by molar-refractivity contribution is 5.35. The van der Waals surface area contributed by atoms with E-state index in [9.17, 15) is 13.2 Å². The van der Waals surface area contributed by atoms with E-state index in [4.69, 9.17) is 4.74 Å². The summed E-state index contributed by atoms with van der Waals surface area (Å²) in [5.41, 5.74) is -0.700. The number of ether oxygens (including phenoxy) is 1. The first-order valence-corrected chi connectivity index (χ1v) is 6.07. The van der Waals surface area contributed by atoms with Crippen LogP contribution in [0.15, 0.2) is 24.3 Å². The number of hydrogen-bond acceptors (Lipinski definition) is 2. The van der Waals surface area contributed by atoms with Gasteiger partial charge < -0.3 is 10.1 Å². The monoisotopic (exact) mass is 259 g/mol. The third-order valence-electron chi connectivity index (χ3n) is 3.07. The van der Waals surface area contributed by atoms with Crippen LogP contribution in [0, 0.1) is 5.92 Å². The van der Waals surface area contributed by atoms with Crippen LogP contribution in [0.5, 0.6) is 5.75 Å². The molecule has 1 fully saturated rings. The van der Waals surface area contributed by atoms with Gasteiger partial charge in [-0.1, -0.05) is 12.1 Å². The summed E-state index contributed by atoms with van der Waals surface area (Å²) in [6, 6.07) is 5.36. The van der Waals surface area contributed by atoms with Gasteiger partial charge in [-0.3, -0.25) is 0 Å². The summed E-state index contributed by atoms with van der Waals surface area (Å²) in [5.74, 6) is 0.218. The molecule has 1 aromatic rings. The number of rotatable bonds is 3. The molecule has 1 saturated heterocycles. The van der Waals surface area contributed by atoms with E-state index >= 15 is 0 Å². The maximum atomic E-state index is 12.7. The molecule has 1 aliphatic heterocycles. The number of benzene rings is 1. The molecular formula is C13H16F3NO. The highest BCUT2D eigenvalue weighted by Gasteiger charge is 2.34. The fraction of sp³-hybridized carbons (Fsp3) is 0.538. The molecule has 1 atom stereocenters. The van der Waals surface area contributed by atoms with E-state index in [1.807, 2.05) is 0 Å². The summed E-state index contributed by atoms with van der Waals surface area (Å²) in [4.78, 5) is 0. The number of alkyl halides is 3. The Labute approximate surface area is 104 Å². The Morgan fingerprint density at radius 3 is 2.72 bits per heavy atom. The van der Waals surface area contributed by atoms with E-state index in [0.717, 1.165) is 32.0 Å². The van der Waals surface area contributed by atoms with Gasteiger partial charge in [-0.05, 0) is 31.5 Å². The fourth-order valence-corrected chi connectivity index (χ4v) is 2.10. The third-order valence-corrected chi connectivity index (χ3v) is 3.07. The summed E-state index contributed by atoms with van der Waals surface area (Å²) in [7, 11) is 0. The number of nitrogens with one attached hydrogen (secondary N) is 1. The van der Waals surface area contributed by atoms with Crippen molar-refractivity contribution in [1.82, 2.24) is 5.32 Å². The zero-order valence-electron chi connectivity index (χ0n) is 9.96. The van der Waals surface area contributed by atoms with Gasteiger partial charge in [0.15, 0.2) is 0 Å². The zero-order valence-corrected chi connectivity index (χ0v) is 9.96. The molecule has 100 valence electrons. The molecule has 0 amide bonds. The van der Waals surface area contributed by atoms with Crippen LogP contribution in [0.2, 0.25) is 0 Å². The Hall–Kier alpha value is -1.23. The molecular weight excluding hydrogens is 243 g/mol. The lowest BCUT2D eigenvalue weighted by Crippen LogP contribution is -2.33. The van der Waals surface area contributed by atoms with Crippen molar-refractivity contribution in [2.75, 3.05) is 19.7 Å². The van der Waals surface area contributed by atoms with E-state index in [0.29, 0.717) is 12.5 Å². The minimum absolute atomic E-state index is 0.0735. The summed E-state index contributed by atoms with van der Waals surface area (Å²) in [5, 5.41) is 3.21. The molecule has 0 aromatic heterocycles. The first kappa shape index (κ1) is 13.2. The van der Waals surface area contributed by atoms with Crippen LogP contribution in [-0.2, 0) is 6.18 Å². The third kappa shape index (κ3) is 3.38. The molecule has 1 aromatic carbocycles. The largest absolute Gasteiger partial charge is 0.493 e. The average Bonchev–Trinajstić information content (AvgIpc) is 2.37. The molecule has 18 heavy (non-hydrogen) atoms. The smallest absolute Gasteiger partial charge is 0.419 e. The quantitative estimate of drug-likeness (QED) is 0.900. The van der Waals surface area contributed by atoms with E-state index in [1.54, 1.807) is 6.07 Å². The van der Waals surface area contributed by atoms with Gasteiger partial charge in [0.2, 0.25) is 0 Å². The van der Waals surface area contributed by atoms with Crippen LogP contribution in [0.4, 0.5) is 13.2 Å². The molecule has 1 aliphatic rings. The molecule has 1 N–H and O–H groups in total. The van der Waals surface area contributed by atoms with Gasteiger partial charge in [0.25, 0.3) is 0 Å². The Balaban J connectivity index is 2.00. The van der Waals surface area contributed by atoms with E-state index in [1.165, 1.54) is 12.1 Å². The van der Waals surface area contributed by atoms with Crippen molar-refractivity contribution >= 4 is 0 Å². The van der Waals surface area contributed by atoms with Gasteiger partial charge in [0.1, 0.15) is 5.75 Å². The van der Waals surface area contributed by atoms with Gasteiger partial charge in [-0.15, -0.1) is 0 Å². The van der Waals surface area contributed by atoms with Crippen molar-refractivity contribution in [1.29, 1.82) is 0 Å². The van der Waals surface area contributed by atoms with Crippen molar-refractivity contribution in [3.05, 3.63) is 29.8 Å². The molecule has 2 rings (SSSR count). The lowest BCUT2D eigenvalue weighted by atomic mass is 10.0. The molecule has 0 saturated carbocycles. The average molecular weight is 259 g/mol. The summed E-state index contributed by atoms with van der Waals surface area (Å²) >= 11 is 0. The van der Waals surface area contributed by atoms with Gasteiger partial charge >= 0.3 is 6.18 Å². The number of piperidine rings is 1. The Morgan fingerprint density at radius 1 is 1.28 bits per heavy atom. The van der Waals surface area contributed by atoms with Crippen LogP contribution >= 0.6 is 0 Å². The van der Waals surface area contributed by atoms with Crippen molar-refractivity contribution < 1.29 is 17.9 Å². The van der Waals surface area contributed by atoms with Gasteiger partial charge in [-0.2, -0.15) is 13.2 Å². The molecule has 0 radical (unpaired) electrons. The number of halogens is 3. The summed E-state index contributed by atoms with van der Waals surface area (Å²) in [6.07, 6.45) is -2.31. The fourth-order valence-electron chi connectivity index (χ4n) is 2.10. The molecule has 0 bridgehead atoms. The van der Waals surface area contributed by atoms with Gasteiger partial charge in [-0.25, -0.2) is 0 Å². The maximum absolute atomic E-state index is 12.7. The topological polar surface area (TPSA) is 21.3 Å². The van der Waals surface area contributed by atoms with E-state index in [2.05, 4.69) is 5.32 Å². The Kier molecular flexibility index (Phi) is 4.11. The first-order chi connectivity index (χ1) is 8.57. The number of hydrogen-bond donors (Lipinski definition) is 1. The van der Waals surface area contributed by atoms with Crippen LogP contribution in [0.25, 0.3) is 0 Å². The van der Waals surface area contributed by atoms with Gasteiger partial charge in [0, 0.05) is 12.5 Å². The van der Waals surface area contributed by atoms with Crippen LogP contribution in [0.3, 0.4) is 0 Å². The predicted octanol–water partition coefficient (Wildman–Crippen LogP) is 3.08. The van der Waals surface area contributed by atoms with Gasteiger partial charge in [0.05, 0.1) is 12.2 Å². The lowest BCUT2D eigenvalue weighted by Gasteiger charge is -2.23. The minimum atomic E-state index is -4.36. The Bertz CT molecular complexity index is 386. The maximum Gasteiger partial charge on any atom is 0.419 e. The predicted molar refractivity (Wildman–Crippen MR) is 62.5 cm³/mol. The molecule has 0 aliphatic carbocycles. The van der Waals surface area contributed by atoms with E-state index < -0.39 is 11.7 Å². The lowest BCUT2D eigenvalue weighted by molar-refractivity contribution is -0.139. The highest BCUT2D eigenvalue weighted by Crippen LogP contribution is 2.36. The highest BCUT2D eigenvalue weighted by atomic mass is 19.4. The molecule has 2 nitrogen and oxygen atoms in total. The second kappa shape index (κ2) is 5.61. The van der Waals surface area contributed by atoms with Crippen molar-refractivity contribution in [3.8, 4) is 5.75 Å². The van der Waals surface area contributed by atoms with Crippen molar-refractivity contribution in [3.63, 3.8) is 0 Å². The van der Waals surface area contributed by atoms with Crippen LogP contribution in [0.1, 0.15) is 18.4 Å². The van der Waals surface area contributed by atoms with Crippen molar-refractivity contribution in [2.24, 2.45) is 5.92 Å². The molecule has 0 spiro atoms.